The lowest BCUT2D eigenvalue weighted by Crippen LogP contribution is -2.66. The van der Waals surface area contributed by atoms with Crippen molar-refractivity contribution in [2.75, 3.05) is 46.4 Å². The van der Waals surface area contributed by atoms with E-state index in [1.165, 1.54) is 7.11 Å². The molecule has 6 bridgehead atoms. The van der Waals surface area contributed by atoms with Crippen molar-refractivity contribution in [2.45, 2.75) is 82.9 Å². The van der Waals surface area contributed by atoms with Crippen LogP contribution in [0, 0.1) is 29.6 Å². The molecule has 12 heteroatoms. The minimum atomic E-state index is -1.01. The lowest BCUT2D eigenvalue weighted by molar-refractivity contribution is -0.953. The van der Waals surface area contributed by atoms with Crippen LogP contribution in [0.5, 0.6) is 0 Å². The van der Waals surface area contributed by atoms with Crippen LogP contribution >= 0.6 is 0 Å². The molecule has 1 spiro atoms. The van der Waals surface area contributed by atoms with Gasteiger partial charge < -0.3 is 38.3 Å². The number of benzene rings is 1. The molecule has 0 radical (unpaired) electrons. The molecule has 0 amide bonds. The lowest BCUT2D eigenvalue weighted by atomic mass is 9.57. The monoisotopic (exact) mass is 744 g/mol. The number of hydrogen-bond donors (Lipinski definition) is 2. The van der Waals surface area contributed by atoms with Crippen LogP contribution in [0.3, 0.4) is 0 Å². The number of quaternary nitrogens is 1. The smallest absolute Gasteiger partial charge is 0.355 e. The summed E-state index contributed by atoms with van der Waals surface area (Å²) in [5.41, 5.74) is 1.70. The van der Waals surface area contributed by atoms with Crippen molar-refractivity contribution in [2.24, 2.45) is 29.6 Å². The summed E-state index contributed by atoms with van der Waals surface area (Å²) in [5.74, 6) is -3.25. The van der Waals surface area contributed by atoms with Gasteiger partial charge in [-0.15, -0.1) is 0 Å². The Morgan fingerprint density at radius 1 is 1.07 bits per heavy atom. The Labute approximate surface area is 317 Å². The normalized spacial score (nSPS) is 41.2. The van der Waals surface area contributed by atoms with E-state index in [9.17, 15) is 19.5 Å². The van der Waals surface area contributed by atoms with Crippen molar-refractivity contribution >= 4 is 17.9 Å². The molecule has 1 aromatic carbocycles. The molecule has 2 aliphatic carbocycles. The molecule has 5 fully saturated rings. The van der Waals surface area contributed by atoms with Crippen LogP contribution in [0.2, 0.25) is 0 Å². The summed E-state index contributed by atoms with van der Waals surface area (Å²) >= 11 is 0. The van der Waals surface area contributed by atoms with Crippen molar-refractivity contribution in [1.82, 2.24) is 9.88 Å². The average Bonchev–Trinajstić information content (AvgIpc) is 3.78. The highest BCUT2D eigenvalue weighted by molar-refractivity contribution is 5.91. The Morgan fingerprint density at radius 2 is 1.81 bits per heavy atom. The Kier molecular flexibility index (Phi) is 9.87. The molecular weight excluding hydrogens is 690 g/mol. The zero-order chi connectivity index (χ0) is 37.9. The van der Waals surface area contributed by atoms with Crippen LogP contribution in [0.1, 0.15) is 60.5 Å². The van der Waals surface area contributed by atoms with Crippen molar-refractivity contribution < 1.29 is 47.7 Å². The Bertz CT molecular complexity index is 1790. The largest absolute Gasteiger partial charge is 0.456 e. The molecule has 290 valence electrons. The number of carbonyl (C=O) groups is 3. The summed E-state index contributed by atoms with van der Waals surface area (Å²) in [6.45, 7) is 14.8. The topological polar surface area (TPSA) is 137 Å². The van der Waals surface area contributed by atoms with Gasteiger partial charge in [0.2, 0.25) is 0 Å². The van der Waals surface area contributed by atoms with Gasteiger partial charge in [0.25, 0.3) is 0 Å². The number of H-pyrrole nitrogens is 1. The third-order valence-electron chi connectivity index (χ3n) is 13.6. The van der Waals surface area contributed by atoms with E-state index >= 15 is 0 Å². The number of nitrogens with one attached hydrogen (secondary N) is 1. The zero-order valence-corrected chi connectivity index (χ0v) is 31.9. The molecule has 6 heterocycles. The summed E-state index contributed by atoms with van der Waals surface area (Å²) in [6.07, 6.45) is 3.38. The number of esters is 3. The maximum Gasteiger partial charge on any atom is 0.355 e. The first-order valence-corrected chi connectivity index (χ1v) is 19.6. The quantitative estimate of drug-likeness (QED) is 0.177. The van der Waals surface area contributed by atoms with E-state index in [1.54, 1.807) is 25.3 Å². The van der Waals surface area contributed by atoms with Gasteiger partial charge in [-0.1, -0.05) is 50.3 Å². The predicted octanol–water partition coefficient (Wildman–Crippen LogP) is 3.91. The Balaban J connectivity index is 1.07. The molecule has 1 unspecified atom stereocenters. The summed E-state index contributed by atoms with van der Waals surface area (Å²) in [5, 5.41) is 12.0. The zero-order valence-electron chi connectivity index (χ0n) is 31.9. The third-order valence-corrected chi connectivity index (χ3v) is 13.6. The molecule has 12 atom stereocenters. The number of ether oxygens (including phenoxy) is 5. The number of nitrogens with zero attached hydrogens (tertiary/aromatic N) is 2. The van der Waals surface area contributed by atoms with Gasteiger partial charge in [-0.05, 0) is 44.0 Å². The van der Waals surface area contributed by atoms with E-state index < -0.39 is 72.0 Å². The van der Waals surface area contributed by atoms with E-state index in [0.29, 0.717) is 11.3 Å². The van der Waals surface area contributed by atoms with Gasteiger partial charge in [0, 0.05) is 68.1 Å². The standard InChI is InChI=1S/C42H53N3O9/c1-24-21-25(2)42-29(12-13-31-34(42)35(46)26(3)37(38(31)54-42)53-40(48)32-11-8-14-43-32)22-33(50-5)41(49)52-36(24)27(4)51-39(47)30-10-7-6-9-28(30)23-45-18-15-44(16-19-45)17-20-45/h6-14,21,24,26-27,29,31,33-38,46H,15-20,22-23H2,1-5H3/p+1/b25-21-/t24-,26-,27-,29?,31-,33+,34+,35-,36+,37-,38+,42+/m1/s1. The number of aliphatic hydroxyl groups is 1. The second kappa shape index (κ2) is 14.4. The molecule has 12 nitrogen and oxygen atoms in total. The second-order valence-electron chi connectivity index (χ2n) is 16.6. The van der Waals surface area contributed by atoms with Crippen LogP contribution in [-0.2, 0) is 35.0 Å². The fourth-order valence-corrected chi connectivity index (χ4v) is 10.6. The number of cyclic esters (lactones) is 1. The van der Waals surface area contributed by atoms with Gasteiger partial charge in [-0.25, -0.2) is 14.4 Å². The molecule has 1 aromatic heterocycles. The fourth-order valence-electron chi connectivity index (χ4n) is 10.6. The highest BCUT2D eigenvalue weighted by Crippen LogP contribution is 2.61. The number of aromatic nitrogens is 1. The van der Waals surface area contributed by atoms with Gasteiger partial charge >= 0.3 is 17.9 Å². The van der Waals surface area contributed by atoms with Crippen molar-refractivity contribution in [1.29, 1.82) is 0 Å². The molecule has 7 aliphatic rings. The first kappa shape index (κ1) is 37.1. The molecule has 2 aromatic rings. The molecule has 4 saturated heterocycles. The first-order valence-electron chi connectivity index (χ1n) is 19.6. The molecule has 1 saturated carbocycles. The number of carbonyl (C=O) groups excluding carboxylic acids is 3. The van der Waals surface area contributed by atoms with Crippen LogP contribution in [-0.4, -0.2) is 126 Å². The number of hydrogen-bond acceptors (Lipinski definition) is 10. The maximum absolute atomic E-state index is 14.0. The molecule has 2 N–H and O–H groups in total. The first-order chi connectivity index (χ1) is 25.9. The molecule has 5 aliphatic heterocycles. The molecule has 54 heavy (non-hydrogen) atoms. The Morgan fingerprint density at radius 3 is 2.52 bits per heavy atom. The summed E-state index contributed by atoms with van der Waals surface area (Å²) in [7, 11) is 1.48. The number of aromatic amines is 1. The third kappa shape index (κ3) is 6.24. The summed E-state index contributed by atoms with van der Waals surface area (Å²) < 4.78 is 32.4. The highest BCUT2D eigenvalue weighted by Gasteiger charge is 2.69. The number of fused-ring (bicyclic) bond motifs is 3. The van der Waals surface area contributed by atoms with E-state index in [0.717, 1.165) is 61.4 Å². The van der Waals surface area contributed by atoms with E-state index in [-0.39, 0.29) is 24.2 Å². The SMILES string of the molecule is CO[C@H]1CC2C=C[C@H]3[C@@H]4O[C@]2(/C(C)=C\[C@@H](C)[C@@H]([C@@H](C)OC(=O)c2ccccc2C[N+]25CCN(CC2)CC5)OC1=O)[C@@H]3[C@H](O)[C@@H](C)[C@H]4OC(=O)c1ccc[nH]1. The minimum absolute atomic E-state index is 0.224. The fraction of sp³-hybridized carbons (Fsp3) is 0.595. The van der Waals surface area contributed by atoms with Crippen molar-refractivity contribution in [3.8, 4) is 0 Å². The lowest BCUT2D eigenvalue weighted by Gasteiger charge is -2.50. The minimum Gasteiger partial charge on any atom is -0.456 e. The van der Waals surface area contributed by atoms with Gasteiger partial charge in [0.15, 0.2) is 6.10 Å². The van der Waals surface area contributed by atoms with Crippen LogP contribution in [0.15, 0.2) is 66.4 Å². The van der Waals surface area contributed by atoms with Crippen molar-refractivity contribution in [3.63, 3.8) is 0 Å². The van der Waals surface area contributed by atoms with Crippen LogP contribution < -0.4 is 0 Å². The maximum atomic E-state index is 14.0. The highest BCUT2D eigenvalue weighted by atomic mass is 16.6. The van der Waals surface area contributed by atoms with Crippen LogP contribution in [0.4, 0.5) is 0 Å². The number of piperazine rings is 3. The Hall–Kier alpha value is -3.81. The average molecular weight is 745 g/mol. The van der Waals surface area contributed by atoms with Crippen molar-refractivity contribution in [3.05, 3.63) is 83.2 Å². The number of rotatable bonds is 8. The van der Waals surface area contributed by atoms with E-state index in [2.05, 4.69) is 16.0 Å². The summed E-state index contributed by atoms with van der Waals surface area (Å²) in [4.78, 5) is 46.5. The second-order valence-corrected chi connectivity index (χ2v) is 16.6. The number of aliphatic hydroxyl groups excluding tert-OH is 1. The van der Waals surface area contributed by atoms with Crippen LogP contribution in [0.25, 0.3) is 0 Å². The van der Waals surface area contributed by atoms with Gasteiger partial charge in [0.1, 0.15) is 42.3 Å². The summed E-state index contributed by atoms with van der Waals surface area (Å²) in [6, 6.07) is 11.1. The predicted molar refractivity (Wildman–Crippen MR) is 197 cm³/mol. The molecule has 9 rings (SSSR count). The van der Waals surface area contributed by atoms with E-state index in [4.69, 9.17) is 23.7 Å². The number of methoxy groups -OCH3 is 1. The van der Waals surface area contributed by atoms with Gasteiger partial charge in [0.05, 0.1) is 31.3 Å². The van der Waals surface area contributed by atoms with Gasteiger partial charge in [-0.2, -0.15) is 0 Å². The molecular formula is C42H54N3O9+. The van der Waals surface area contributed by atoms with Gasteiger partial charge in [-0.3, -0.25) is 4.90 Å². The van der Waals surface area contributed by atoms with E-state index in [1.807, 2.05) is 57.2 Å².